The molecule has 0 spiro atoms. The topological polar surface area (TPSA) is 52.1 Å². The van der Waals surface area contributed by atoms with Crippen LogP contribution in [0.4, 0.5) is 0 Å². The van der Waals surface area contributed by atoms with Gasteiger partial charge >= 0.3 is 0 Å². The second kappa shape index (κ2) is 13.3. The summed E-state index contributed by atoms with van der Waals surface area (Å²) in [6.45, 7) is 16.5. The lowest BCUT2D eigenvalue weighted by Crippen LogP contribution is -2.44. The third-order valence-electron chi connectivity index (χ3n) is 5.31. The summed E-state index contributed by atoms with van der Waals surface area (Å²) in [6.07, 6.45) is 3.64. The Morgan fingerprint density at radius 2 is 1.81 bits per heavy atom. The van der Waals surface area contributed by atoms with E-state index < -0.39 is 0 Å². The number of methoxy groups -OCH3 is 1. The monoisotopic (exact) mass is 369 g/mol. The minimum atomic E-state index is 0.599. The zero-order chi connectivity index (χ0) is 19.4. The maximum absolute atomic E-state index is 5.17. The Hall–Kier alpha value is -0.850. The first-order valence-corrected chi connectivity index (χ1v) is 10.4. The van der Waals surface area contributed by atoms with Crippen molar-refractivity contribution in [1.82, 2.24) is 20.4 Å². The predicted octanol–water partition coefficient (Wildman–Crippen LogP) is 2.02. The molecule has 0 aliphatic carbocycles. The number of likely N-dealkylation sites (tertiary alicyclic amines) is 1. The van der Waals surface area contributed by atoms with Gasteiger partial charge in [0.1, 0.15) is 0 Å². The Morgan fingerprint density at radius 3 is 2.35 bits per heavy atom. The van der Waals surface area contributed by atoms with Crippen molar-refractivity contribution in [2.45, 2.75) is 59.0 Å². The van der Waals surface area contributed by atoms with Crippen molar-refractivity contribution >= 4 is 5.96 Å². The molecule has 1 heterocycles. The molecular formula is C20H43N5O. The summed E-state index contributed by atoms with van der Waals surface area (Å²) >= 11 is 0. The lowest BCUT2D eigenvalue weighted by molar-refractivity contribution is 0.121. The van der Waals surface area contributed by atoms with Gasteiger partial charge in [-0.2, -0.15) is 0 Å². The molecule has 0 bridgehead atoms. The fourth-order valence-corrected chi connectivity index (χ4v) is 3.68. The molecule has 0 unspecified atom stereocenters. The van der Waals surface area contributed by atoms with Crippen LogP contribution in [0.3, 0.4) is 0 Å². The standard InChI is InChI=1S/C20H43N5O/c1-17(2)25(18(3)4)11-7-10-22-20(21-5)23-16-19-8-12-24(13-9-19)14-15-26-6/h17-19H,7-16H2,1-6H3,(H2,21,22,23). The van der Waals surface area contributed by atoms with Crippen molar-refractivity contribution in [3.63, 3.8) is 0 Å². The van der Waals surface area contributed by atoms with Gasteiger partial charge in [-0.25, -0.2) is 0 Å². The van der Waals surface area contributed by atoms with E-state index in [2.05, 4.69) is 53.1 Å². The fourth-order valence-electron chi connectivity index (χ4n) is 3.68. The quantitative estimate of drug-likeness (QED) is 0.331. The lowest BCUT2D eigenvalue weighted by atomic mass is 9.97. The molecule has 1 aliphatic heterocycles. The number of nitrogens with one attached hydrogen (secondary N) is 2. The number of hydrogen-bond acceptors (Lipinski definition) is 4. The molecule has 1 rings (SSSR count). The Labute approximate surface area is 161 Å². The largest absolute Gasteiger partial charge is 0.383 e. The zero-order valence-corrected chi connectivity index (χ0v) is 18.1. The van der Waals surface area contributed by atoms with Crippen molar-refractivity contribution in [2.24, 2.45) is 10.9 Å². The highest BCUT2D eigenvalue weighted by molar-refractivity contribution is 5.79. The van der Waals surface area contributed by atoms with Crippen molar-refractivity contribution in [3.8, 4) is 0 Å². The molecule has 0 atom stereocenters. The van der Waals surface area contributed by atoms with Gasteiger partial charge in [-0.05, 0) is 66.0 Å². The van der Waals surface area contributed by atoms with Gasteiger partial charge in [0.2, 0.25) is 0 Å². The molecule has 1 aliphatic rings. The smallest absolute Gasteiger partial charge is 0.190 e. The van der Waals surface area contributed by atoms with Crippen LogP contribution >= 0.6 is 0 Å². The van der Waals surface area contributed by atoms with Gasteiger partial charge < -0.3 is 20.3 Å². The number of guanidine groups is 1. The molecule has 2 N–H and O–H groups in total. The SMILES string of the molecule is CN=C(NCCCN(C(C)C)C(C)C)NCC1CCN(CCOC)CC1. The van der Waals surface area contributed by atoms with E-state index in [1.54, 1.807) is 7.11 Å². The van der Waals surface area contributed by atoms with Gasteiger partial charge in [-0.1, -0.05) is 0 Å². The van der Waals surface area contributed by atoms with Crippen molar-refractivity contribution in [2.75, 3.05) is 60.0 Å². The van der Waals surface area contributed by atoms with E-state index in [1.165, 1.54) is 25.9 Å². The minimum Gasteiger partial charge on any atom is -0.383 e. The number of aliphatic imine (C=N–C) groups is 1. The van der Waals surface area contributed by atoms with E-state index in [4.69, 9.17) is 4.74 Å². The summed E-state index contributed by atoms with van der Waals surface area (Å²) < 4.78 is 5.17. The van der Waals surface area contributed by atoms with Crippen LogP contribution in [-0.4, -0.2) is 87.9 Å². The number of piperidine rings is 1. The summed E-state index contributed by atoms with van der Waals surface area (Å²) in [7, 11) is 3.63. The Kier molecular flexibility index (Phi) is 11.9. The highest BCUT2D eigenvalue weighted by Crippen LogP contribution is 2.15. The molecular weight excluding hydrogens is 326 g/mol. The summed E-state index contributed by atoms with van der Waals surface area (Å²) in [4.78, 5) is 9.41. The predicted molar refractivity (Wildman–Crippen MR) is 112 cm³/mol. The van der Waals surface area contributed by atoms with E-state index in [-0.39, 0.29) is 0 Å². The van der Waals surface area contributed by atoms with Crippen LogP contribution in [0.2, 0.25) is 0 Å². The van der Waals surface area contributed by atoms with Crippen LogP contribution in [0.15, 0.2) is 4.99 Å². The molecule has 6 nitrogen and oxygen atoms in total. The normalized spacial score (nSPS) is 17.5. The zero-order valence-electron chi connectivity index (χ0n) is 18.1. The van der Waals surface area contributed by atoms with Gasteiger partial charge in [-0.3, -0.25) is 9.89 Å². The number of nitrogens with zero attached hydrogens (tertiary/aromatic N) is 3. The maximum atomic E-state index is 5.17. The van der Waals surface area contributed by atoms with Crippen LogP contribution in [-0.2, 0) is 4.74 Å². The highest BCUT2D eigenvalue weighted by atomic mass is 16.5. The van der Waals surface area contributed by atoms with Gasteiger partial charge in [0.25, 0.3) is 0 Å². The molecule has 0 radical (unpaired) electrons. The third-order valence-corrected chi connectivity index (χ3v) is 5.31. The summed E-state index contributed by atoms with van der Waals surface area (Å²) in [5.41, 5.74) is 0. The van der Waals surface area contributed by atoms with E-state index in [1.807, 2.05) is 7.05 Å². The fraction of sp³-hybridized carbons (Fsp3) is 0.950. The van der Waals surface area contributed by atoms with Crippen molar-refractivity contribution in [3.05, 3.63) is 0 Å². The second-order valence-corrected chi connectivity index (χ2v) is 7.94. The number of hydrogen-bond donors (Lipinski definition) is 2. The number of rotatable bonds is 11. The molecule has 154 valence electrons. The Morgan fingerprint density at radius 1 is 1.15 bits per heavy atom. The first kappa shape index (κ1) is 23.2. The molecule has 6 heteroatoms. The van der Waals surface area contributed by atoms with Crippen LogP contribution in [0.25, 0.3) is 0 Å². The molecule has 26 heavy (non-hydrogen) atoms. The molecule has 1 saturated heterocycles. The van der Waals surface area contributed by atoms with Crippen LogP contribution < -0.4 is 10.6 Å². The number of ether oxygens (including phenoxy) is 1. The van der Waals surface area contributed by atoms with E-state index in [0.29, 0.717) is 12.1 Å². The van der Waals surface area contributed by atoms with Crippen molar-refractivity contribution in [1.29, 1.82) is 0 Å². The minimum absolute atomic E-state index is 0.599. The van der Waals surface area contributed by atoms with Gasteiger partial charge in [0, 0.05) is 52.4 Å². The summed E-state index contributed by atoms with van der Waals surface area (Å²) in [5, 5.41) is 6.98. The van der Waals surface area contributed by atoms with Crippen molar-refractivity contribution < 1.29 is 4.74 Å². The summed E-state index contributed by atoms with van der Waals surface area (Å²) in [5.74, 6) is 1.68. The average molecular weight is 370 g/mol. The molecule has 1 fully saturated rings. The first-order valence-electron chi connectivity index (χ1n) is 10.4. The van der Waals surface area contributed by atoms with Crippen LogP contribution in [0.5, 0.6) is 0 Å². The van der Waals surface area contributed by atoms with E-state index >= 15 is 0 Å². The molecule has 0 aromatic carbocycles. The molecule has 0 aromatic heterocycles. The maximum Gasteiger partial charge on any atom is 0.190 e. The average Bonchev–Trinajstić information content (AvgIpc) is 2.62. The van der Waals surface area contributed by atoms with Crippen LogP contribution in [0, 0.1) is 5.92 Å². The highest BCUT2D eigenvalue weighted by Gasteiger charge is 2.19. The molecule has 0 amide bonds. The lowest BCUT2D eigenvalue weighted by Gasteiger charge is -2.32. The molecule has 0 aromatic rings. The van der Waals surface area contributed by atoms with Crippen LogP contribution in [0.1, 0.15) is 47.0 Å². The van der Waals surface area contributed by atoms with Gasteiger partial charge in [-0.15, -0.1) is 0 Å². The van der Waals surface area contributed by atoms with E-state index in [9.17, 15) is 0 Å². The van der Waals surface area contributed by atoms with Gasteiger partial charge in [0.15, 0.2) is 5.96 Å². The Bertz CT molecular complexity index is 370. The third kappa shape index (κ3) is 9.19. The Balaban J connectivity index is 2.18. The first-order chi connectivity index (χ1) is 12.5. The second-order valence-electron chi connectivity index (χ2n) is 7.94. The van der Waals surface area contributed by atoms with E-state index in [0.717, 1.165) is 51.1 Å². The molecule has 0 saturated carbocycles. The van der Waals surface area contributed by atoms with Gasteiger partial charge in [0.05, 0.1) is 6.61 Å². The summed E-state index contributed by atoms with van der Waals surface area (Å²) in [6, 6.07) is 1.20.